The molecule has 3 rings (SSSR count). The molecule has 1 amide bonds. The Labute approximate surface area is 132 Å². The summed E-state index contributed by atoms with van der Waals surface area (Å²) < 4.78 is 28.4. The van der Waals surface area contributed by atoms with Gasteiger partial charge in [0.1, 0.15) is 12.4 Å². The number of carbonyl (C=O) groups is 1. The highest BCUT2D eigenvalue weighted by molar-refractivity contribution is 9.10. The monoisotopic (exact) mass is 365 g/mol. The number of nitrogens with zero attached hydrogens (tertiary/aromatic N) is 2. The Kier molecular flexibility index (Phi) is 3.89. The number of hydrogen-bond acceptors (Lipinski definition) is 2. The van der Waals surface area contributed by atoms with Crippen LogP contribution < -0.4 is 5.32 Å². The van der Waals surface area contributed by atoms with E-state index in [-0.39, 0.29) is 16.7 Å². The number of anilines is 1. The zero-order valence-electron chi connectivity index (χ0n) is 11.2. The normalized spacial score (nSPS) is 10.9. The number of para-hydroxylation sites is 1. The van der Waals surface area contributed by atoms with Crippen LogP contribution in [-0.2, 0) is 11.3 Å². The van der Waals surface area contributed by atoms with Gasteiger partial charge in [-0.2, -0.15) is 5.10 Å². The van der Waals surface area contributed by atoms with Crippen LogP contribution in [0.25, 0.3) is 10.9 Å². The number of amides is 1. The first kappa shape index (κ1) is 14.6. The van der Waals surface area contributed by atoms with Gasteiger partial charge in [0, 0.05) is 15.9 Å². The molecule has 112 valence electrons. The Morgan fingerprint density at radius 1 is 1.27 bits per heavy atom. The van der Waals surface area contributed by atoms with Crippen LogP contribution in [0.4, 0.5) is 14.5 Å². The molecule has 0 unspecified atom stereocenters. The number of carbonyl (C=O) groups excluding carboxylic acids is 1. The largest absolute Gasteiger partial charge is 0.321 e. The quantitative estimate of drug-likeness (QED) is 0.768. The summed E-state index contributed by atoms with van der Waals surface area (Å²) in [6.07, 6.45) is 1.65. The number of nitrogens with one attached hydrogen (secondary N) is 1. The number of halogens is 3. The summed E-state index contributed by atoms with van der Waals surface area (Å²) in [5.74, 6) is -2.02. The maximum atomic E-state index is 13.7. The molecule has 2 aromatic carbocycles. The summed E-state index contributed by atoms with van der Waals surface area (Å²) in [5.41, 5.74) is 0.708. The Hall–Kier alpha value is -2.28. The molecular weight excluding hydrogens is 356 g/mol. The highest BCUT2D eigenvalue weighted by Crippen LogP contribution is 2.26. The van der Waals surface area contributed by atoms with Crippen LogP contribution in [0, 0.1) is 11.6 Å². The lowest BCUT2D eigenvalue weighted by Gasteiger charge is -2.09. The Bertz CT molecular complexity index is 840. The molecule has 1 aromatic heterocycles. The van der Waals surface area contributed by atoms with E-state index in [4.69, 9.17) is 0 Å². The molecule has 0 fully saturated rings. The SMILES string of the molecule is O=C(Cn1ncc2ccccc21)Nc1c(F)cc(F)cc1Br. The van der Waals surface area contributed by atoms with Gasteiger partial charge >= 0.3 is 0 Å². The summed E-state index contributed by atoms with van der Waals surface area (Å²) in [6.45, 7) is -0.0726. The molecule has 0 radical (unpaired) electrons. The van der Waals surface area contributed by atoms with Crippen molar-refractivity contribution in [3.8, 4) is 0 Å². The third-order valence-electron chi connectivity index (χ3n) is 3.12. The molecule has 0 atom stereocenters. The van der Waals surface area contributed by atoms with Crippen molar-refractivity contribution < 1.29 is 13.6 Å². The second kappa shape index (κ2) is 5.84. The van der Waals surface area contributed by atoms with Crippen LogP contribution in [0.5, 0.6) is 0 Å². The van der Waals surface area contributed by atoms with E-state index >= 15 is 0 Å². The Morgan fingerprint density at radius 3 is 2.82 bits per heavy atom. The molecule has 4 nitrogen and oxygen atoms in total. The maximum Gasteiger partial charge on any atom is 0.246 e. The minimum absolute atomic E-state index is 0.0726. The first-order valence-electron chi connectivity index (χ1n) is 6.39. The molecule has 0 spiro atoms. The molecule has 0 aliphatic rings. The van der Waals surface area contributed by atoms with Gasteiger partial charge in [0.25, 0.3) is 0 Å². The van der Waals surface area contributed by atoms with Gasteiger partial charge in [-0.05, 0) is 28.1 Å². The summed E-state index contributed by atoms with van der Waals surface area (Å²) in [5, 5.41) is 7.45. The fourth-order valence-corrected chi connectivity index (χ4v) is 2.64. The average Bonchev–Trinajstić information content (AvgIpc) is 2.86. The fraction of sp³-hybridized carbons (Fsp3) is 0.0667. The van der Waals surface area contributed by atoms with Gasteiger partial charge in [-0.3, -0.25) is 9.48 Å². The highest BCUT2D eigenvalue weighted by atomic mass is 79.9. The van der Waals surface area contributed by atoms with Gasteiger partial charge in [0.2, 0.25) is 5.91 Å². The van der Waals surface area contributed by atoms with E-state index in [2.05, 4.69) is 26.3 Å². The van der Waals surface area contributed by atoms with E-state index in [1.165, 1.54) is 4.68 Å². The summed E-state index contributed by atoms with van der Waals surface area (Å²) in [6, 6.07) is 9.23. The first-order chi connectivity index (χ1) is 10.5. The number of fused-ring (bicyclic) bond motifs is 1. The van der Waals surface area contributed by atoms with Crippen LogP contribution in [0.2, 0.25) is 0 Å². The zero-order chi connectivity index (χ0) is 15.7. The van der Waals surface area contributed by atoms with Crippen LogP contribution in [0.3, 0.4) is 0 Å². The van der Waals surface area contributed by atoms with Gasteiger partial charge in [0.15, 0.2) is 5.82 Å². The first-order valence-corrected chi connectivity index (χ1v) is 7.19. The minimum atomic E-state index is -0.842. The predicted octanol–water partition coefficient (Wildman–Crippen LogP) is 3.72. The van der Waals surface area contributed by atoms with Crippen LogP contribution in [-0.4, -0.2) is 15.7 Å². The van der Waals surface area contributed by atoms with E-state index in [1.54, 1.807) is 6.20 Å². The number of aromatic nitrogens is 2. The highest BCUT2D eigenvalue weighted by Gasteiger charge is 2.14. The molecular formula is C15H10BrF2N3O. The van der Waals surface area contributed by atoms with Crippen molar-refractivity contribution in [1.82, 2.24) is 9.78 Å². The molecule has 0 bridgehead atoms. The molecule has 22 heavy (non-hydrogen) atoms. The van der Waals surface area contributed by atoms with E-state index in [9.17, 15) is 13.6 Å². The lowest BCUT2D eigenvalue weighted by Crippen LogP contribution is -2.20. The Balaban J connectivity index is 1.81. The van der Waals surface area contributed by atoms with E-state index in [1.807, 2.05) is 24.3 Å². The van der Waals surface area contributed by atoms with Gasteiger partial charge in [-0.15, -0.1) is 0 Å². The summed E-state index contributed by atoms with van der Waals surface area (Å²) >= 11 is 3.03. The lowest BCUT2D eigenvalue weighted by molar-refractivity contribution is -0.116. The molecule has 0 aliphatic heterocycles. The van der Waals surface area contributed by atoms with Gasteiger partial charge < -0.3 is 5.32 Å². The average molecular weight is 366 g/mol. The van der Waals surface area contributed by atoms with Crippen molar-refractivity contribution in [1.29, 1.82) is 0 Å². The zero-order valence-corrected chi connectivity index (χ0v) is 12.8. The van der Waals surface area contributed by atoms with Gasteiger partial charge in [0.05, 0.1) is 17.4 Å². The van der Waals surface area contributed by atoms with Crippen molar-refractivity contribution in [3.05, 3.63) is 58.7 Å². The van der Waals surface area contributed by atoms with E-state index in [0.29, 0.717) is 6.07 Å². The number of benzene rings is 2. The van der Waals surface area contributed by atoms with E-state index < -0.39 is 17.5 Å². The van der Waals surface area contributed by atoms with Crippen molar-refractivity contribution in [2.75, 3.05) is 5.32 Å². The van der Waals surface area contributed by atoms with Gasteiger partial charge in [-0.1, -0.05) is 18.2 Å². The van der Waals surface area contributed by atoms with Gasteiger partial charge in [-0.25, -0.2) is 8.78 Å². The third kappa shape index (κ3) is 2.85. The number of hydrogen-bond donors (Lipinski definition) is 1. The molecule has 0 saturated carbocycles. The molecule has 3 aromatic rings. The number of rotatable bonds is 3. The molecule has 0 aliphatic carbocycles. The van der Waals surface area contributed by atoms with Crippen LogP contribution in [0.1, 0.15) is 0 Å². The molecule has 7 heteroatoms. The predicted molar refractivity (Wildman–Crippen MR) is 82.4 cm³/mol. The third-order valence-corrected chi connectivity index (χ3v) is 3.74. The lowest BCUT2D eigenvalue weighted by atomic mass is 10.2. The maximum absolute atomic E-state index is 13.7. The second-order valence-electron chi connectivity index (χ2n) is 4.65. The minimum Gasteiger partial charge on any atom is -0.321 e. The summed E-state index contributed by atoms with van der Waals surface area (Å²) in [4.78, 5) is 12.1. The standard InChI is InChI=1S/C15H10BrF2N3O/c16-11-5-10(17)6-12(18)15(11)20-14(22)8-21-13-4-2-1-3-9(13)7-19-21/h1-7H,8H2,(H,20,22). The van der Waals surface area contributed by atoms with Crippen LogP contribution >= 0.6 is 15.9 Å². The van der Waals surface area contributed by atoms with Crippen molar-refractivity contribution in [3.63, 3.8) is 0 Å². The summed E-state index contributed by atoms with van der Waals surface area (Å²) in [7, 11) is 0. The van der Waals surface area contributed by atoms with Crippen LogP contribution in [0.15, 0.2) is 47.1 Å². The molecule has 0 saturated heterocycles. The smallest absolute Gasteiger partial charge is 0.246 e. The fourth-order valence-electron chi connectivity index (χ4n) is 2.13. The van der Waals surface area contributed by atoms with Crippen molar-refractivity contribution in [2.24, 2.45) is 0 Å². The Morgan fingerprint density at radius 2 is 2.05 bits per heavy atom. The second-order valence-corrected chi connectivity index (χ2v) is 5.51. The molecule has 1 N–H and O–H groups in total. The van der Waals surface area contributed by atoms with Crippen molar-refractivity contribution >= 4 is 38.4 Å². The topological polar surface area (TPSA) is 46.9 Å². The molecule has 1 heterocycles. The van der Waals surface area contributed by atoms with Crippen molar-refractivity contribution in [2.45, 2.75) is 6.54 Å². The van der Waals surface area contributed by atoms with E-state index in [0.717, 1.165) is 17.0 Å².